The van der Waals surface area contributed by atoms with Crippen molar-refractivity contribution in [2.24, 2.45) is 4.99 Å². The molecule has 0 unspecified atom stereocenters. The van der Waals surface area contributed by atoms with Crippen LogP contribution in [0.1, 0.15) is 25.5 Å². The van der Waals surface area contributed by atoms with Gasteiger partial charge in [-0.15, -0.1) is 0 Å². The van der Waals surface area contributed by atoms with Crippen LogP contribution in [0.25, 0.3) is 0 Å². The lowest BCUT2D eigenvalue weighted by molar-refractivity contribution is 0.0782. The molecular weight excluding hydrogens is 298 g/mol. The van der Waals surface area contributed by atoms with Crippen molar-refractivity contribution in [1.29, 1.82) is 0 Å². The molecule has 124 valence electrons. The zero-order valence-electron chi connectivity index (χ0n) is 13.6. The first kappa shape index (κ1) is 17.2. The average Bonchev–Trinajstić information content (AvgIpc) is 3.05. The number of aliphatic imine (C=N–C) groups is 1. The van der Waals surface area contributed by atoms with E-state index in [1.165, 1.54) is 0 Å². The summed E-state index contributed by atoms with van der Waals surface area (Å²) in [5.74, 6) is 2.98. The molecule has 0 bridgehead atoms. The van der Waals surface area contributed by atoms with E-state index in [9.17, 15) is 0 Å². The standard InChI is InChI=1S/C16H27N3O2S/c1-3-22-16(7-11-20-12-8-16)13-19-15(17-2)18-9-6-14-5-4-10-21-14/h4-5,10H,3,6-9,11-13H2,1-2H3,(H2,17,18,19). The second kappa shape index (κ2) is 9.10. The fraction of sp³-hybridized carbons (Fsp3) is 0.688. The van der Waals surface area contributed by atoms with Crippen LogP contribution in [-0.2, 0) is 11.2 Å². The molecular formula is C16H27N3O2S. The number of nitrogens with zero attached hydrogens (tertiary/aromatic N) is 1. The normalized spacial score (nSPS) is 18.2. The van der Waals surface area contributed by atoms with Gasteiger partial charge in [0, 0.05) is 44.5 Å². The highest BCUT2D eigenvalue weighted by Gasteiger charge is 2.32. The monoisotopic (exact) mass is 325 g/mol. The maximum Gasteiger partial charge on any atom is 0.191 e. The lowest BCUT2D eigenvalue weighted by Gasteiger charge is -2.37. The molecule has 22 heavy (non-hydrogen) atoms. The zero-order chi connectivity index (χ0) is 15.7. The van der Waals surface area contributed by atoms with Crippen molar-refractivity contribution in [3.8, 4) is 0 Å². The summed E-state index contributed by atoms with van der Waals surface area (Å²) in [6, 6.07) is 3.91. The van der Waals surface area contributed by atoms with Gasteiger partial charge in [0.25, 0.3) is 0 Å². The van der Waals surface area contributed by atoms with Gasteiger partial charge in [0.1, 0.15) is 5.76 Å². The maximum atomic E-state index is 5.51. The SMILES string of the molecule is CCSC1(CNC(=NC)NCCc2ccco2)CCOCC1. The summed E-state index contributed by atoms with van der Waals surface area (Å²) in [6.07, 6.45) is 4.76. The van der Waals surface area contributed by atoms with Crippen molar-refractivity contribution >= 4 is 17.7 Å². The highest BCUT2D eigenvalue weighted by atomic mass is 32.2. The molecule has 6 heteroatoms. The van der Waals surface area contributed by atoms with Gasteiger partial charge in [-0.25, -0.2) is 0 Å². The van der Waals surface area contributed by atoms with Crippen molar-refractivity contribution in [1.82, 2.24) is 10.6 Å². The van der Waals surface area contributed by atoms with Gasteiger partial charge in [-0.1, -0.05) is 6.92 Å². The van der Waals surface area contributed by atoms with Crippen LogP contribution in [0.3, 0.4) is 0 Å². The van der Waals surface area contributed by atoms with Crippen molar-refractivity contribution in [2.45, 2.75) is 30.9 Å². The molecule has 1 aliphatic heterocycles. The third-order valence-electron chi connectivity index (χ3n) is 3.90. The molecule has 0 saturated carbocycles. The van der Waals surface area contributed by atoms with E-state index in [2.05, 4.69) is 22.5 Å². The summed E-state index contributed by atoms with van der Waals surface area (Å²) < 4.78 is 11.1. The molecule has 0 radical (unpaired) electrons. The molecule has 0 aliphatic carbocycles. The Bertz CT molecular complexity index is 437. The van der Waals surface area contributed by atoms with Crippen molar-refractivity contribution in [3.63, 3.8) is 0 Å². The van der Waals surface area contributed by atoms with Gasteiger partial charge in [0.05, 0.1) is 6.26 Å². The van der Waals surface area contributed by atoms with Crippen molar-refractivity contribution < 1.29 is 9.15 Å². The molecule has 2 N–H and O–H groups in total. The fourth-order valence-electron chi connectivity index (χ4n) is 2.65. The Morgan fingerprint density at radius 1 is 1.36 bits per heavy atom. The Morgan fingerprint density at radius 2 is 2.18 bits per heavy atom. The molecule has 0 amide bonds. The summed E-state index contributed by atoms with van der Waals surface area (Å²) in [6.45, 7) is 5.68. The topological polar surface area (TPSA) is 58.8 Å². The van der Waals surface area contributed by atoms with E-state index < -0.39 is 0 Å². The summed E-state index contributed by atoms with van der Waals surface area (Å²) in [7, 11) is 1.81. The summed E-state index contributed by atoms with van der Waals surface area (Å²) in [5, 5.41) is 6.82. The van der Waals surface area contributed by atoms with E-state index >= 15 is 0 Å². The van der Waals surface area contributed by atoms with Gasteiger partial charge >= 0.3 is 0 Å². The molecule has 1 aromatic rings. The van der Waals surface area contributed by atoms with Crippen molar-refractivity contribution in [3.05, 3.63) is 24.2 Å². The Kier molecular flexibility index (Phi) is 7.12. The lowest BCUT2D eigenvalue weighted by atomic mass is 9.99. The smallest absolute Gasteiger partial charge is 0.191 e. The minimum absolute atomic E-state index is 0.269. The molecule has 1 saturated heterocycles. The minimum atomic E-state index is 0.269. The quantitative estimate of drug-likeness (QED) is 0.595. The van der Waals surface area contributed by atoms with Gasteiger partial charge in [-0.3, -0.25) is 4.99 Å². The van der Waals surface area contributed by atoms with Gasteiger partial charge in [-0.2, -0.15) is 11.8 Å². The number of hydrogen-bond donors (Lipinski definition) is 2. The third-order valence-corrected chi connectivity index (χ3v) is 5.35. The molecule has 0 aromatic carbocycles. The Balaban J connectivity index is 1.76. The molecule has 0 spiro atoms. The molecule has 0 atom stereocenters. The second-order valence-corrected chi connectivity index (χ2v) is 7.14. The Morgan fingerprint density at radius 3 is 2.82 bits per heavy atom. The average molecular weight is 325 g/mol. The largest absolute Gasteiger partial charge is 0.469 e. The van der Waals surface area contributed by atoms with Crippen LogP contribution in [0.2, 0.25) is 0 Å². The van der Waals surface area contributed by atoms with E-state index in [4.69, 9.17) is 9.15 Å². The van der Waals surface area contributed by atoms with Crippen LogP contribution in [0.15, 0.2) is 27.8 Å². The van der Waals surface area contributed by atoms with Crippen LogP contribution in [0, 0.1) is 0 Å². The molecule has 2 heterocycles. The number of nitrogens with one attached hydrogen (secondary N) is 2. The molecule has 1 aromatic heterocycles. The van der Waals surface area contributed by atoms with Gasteiger partial charge in [0.2, 0.25) is 0 Å². The van der Waals surface area contributed by atoms with E-state index in [-0.39, 0.29) is 4.75 Å². The number of rotatable bonds is 7. The molecule has 1 fully saturated rings. The van der Waals surface area contributed by atoms with E-state index in [0.717, 1.165) is 63.0 Å². The van der Waals surface area contributed by atoms with Crippen LogP contribution in [0.4, 0.5) is 0 Å². The number of thioether (sulfide) groups is 1. The van der Waals surface area contributed by atoms with Crippen LogP contribution in [0.5, 0.6) is 0 Å². The van der Waals surface area contributed by atoms with E-state index in [1.54, 1.807) is 6.26 Å². The fourth-order valence-corrected chi connectivity index (χ4v) is 3.89. The third kappa shape index (κ3) is 5.25. The minimum Gasteiger partial charge on any atom is -0.469 e. The lowest BCUT2D eigenvalue weighted by Crippen LogP contribution is -2.48. The highest BCUT2D eigenvalue weighted by Crippen LogP contribution is 2.34. The summed E-state index contributed by atoms with van der Waals surface area (Å²) >= 11 is 2.03. The predicted molar refractivity (Wildman–Crippen MR) is 92.7 cm³/mol. The first-order valence-corrected chi connectivity index (χ1v) is 8.95. The zero-order valence-corrected chi connectivity index (χ0v) is 14.4. The second-order valence-electron chi connectivity index (χ2n) is 5.41. The number of hydrogen-bond acceptors (Lipinski definition) is 4. The summed E-state index contributed by atoms with van der Waals surface area (Å²) in [4.78, 5) is 4.31. The maximum absolute atomic E-state index is 5.51. The van der Waals surface area contributed by atoms with Gasteiger partial charge in [0.15, 0.2) is 5.96 Å². The molecule has 1 aliphatic rings. The van der Waals surface area contributed by atoms with Crippen LogP contribution >= 0.6 is 11.8 Å². The number of guanidine groups is 1. The Hall–Kier alpha value is -1.14. The first-order valence-electron chi connectivity index (χ1n) is 7.96. The number of ether oxygens (including phenoxy) is 1. The molecule has 2 rings (SSSR count). The van der Waals surface area contributed by atoms with Crippen LogP contribution in [-0.4, -0.2) is 49.8 Å². The highest BCUT2D eigenvalue weighted by molar-refractivity contribution is 8.00. The van der Waals surface area contributed by atoms with Gasteiger partial charge < -0.3 is 19.8 Å². The summed E-state index contributed by atoms with van der Waals surface area (Å²) in [5.41, 5.74) is 0. The van der Waals surface area contributed by atoms with Crippen molar-refractivity contribution in [2.75, 3.05) is 39.1 Å². The predicted octanol–water partition coefficient (Wildman–Crippen LogP) is 2.29. The van der Waals surface area contributed by atoms with Gasteiger partial charge in [-0.05, 0) is 30.7 Å². The first-order chi connectivity index (χ1) is 10.8. The van der Waals surface area contributed by atoms with E-state index in [1.807, 2.05) is 30.9 Å². The van der Waals surface area contributed by atoms with Crippen LogP contribution < -0.4 is 10.6 Å². The van der Waals surface area contributed by atoms with E-state index in [0.29, 0.717) is 0 Å². The number of furan rings is 1. The molecule has 5 nitrogen and oxygen atoms in total. The Labute approximate surface area is 137 Å².